The van der Waals surface area contributed by atoms with Gasteiger partial charge in [0.15, 0.2) is 17.5 Å². The van der Waals surface area contributed by atoms with E-state index in [4.69, 9.17) is 5.73 Å². The van der Waals surface area contributed by atoms with Crippen molar-refractivity contribution in [3.63, 3.8) is 0 Å². The molecule has 0 aliphatic rings. The molecule has 18 heavy (non-hydrogen) atoms. The van der Waals surface area contributed by atoms with Crippen LogP contribution in [0, 0.1) is 17.5 Å². The quantitative estimate of drug-likeness (QED) is 0.820. The van der Waals surface area contributed by atoms with E-state index < -0.39 is 38.4 Å². The third-order valence-electron chi connectivity index (χ3n) is 2.00. The summed E-state index contributed by atoms with van der Waals surface area (Å²) in [7, 11) is -4.25. The van der Waals surface area contributed by atoms with Crippen molar-refractivity contribution in [1.82, 2.24) is 4.72 Å². The van der Waals surface area contributed by atoms with Crippen LogP contribution in [0.3, 0.4) is 0 Å². The van der Waals surface area contributed by atoms with Crippen molar-refractivity contribution < 1.29 is 21.6 Å². The van der Waals surface area contributed by atoms with Crippen LogP contribution in [-0.4, -0.2) is 21.0 Å². The molecular formula is C9H12ClF3N2O2S. The lowest BCUT2D eigenvalue weighted by Gasteiger charge is -2.12. The average molecular weight is 305 g/mol. The number of hydrogen-bond donors (Lipinski definition) is 2. The Morgan fingerprint density at radius 1 is 1.28 bits per heavy atom. The summed E-state index contributed by atoms with van der Waals surface area (Å²) in [5, 5.41) is 0. The van der Waals surface area contributed by atoms with E-state index in [-0.39, 0.29) is 19.0 Å². The maximum absolute atomic E-state index is 13.2. The zero-order valence-electron chi connectivity index (χ0n) is 9.28. The second kappa shape index (κ2) is 6.37. The van der Waals surface area contributed by atoms with Gasteiger partial charge in [-0.2, -0.15) is 0 Å². The molecule has 0 aromatic heterocycles. The Kier molecular flexibility index (Phi) is 6.08. The van der Waals surface area contributed by atoms with E-state index in [2.05, 4.69) is 0 Å². The highest BCUT2D eigenvalue weighted by atomic mass is 35.5. The Bertz CT molecular complexity index is 525. The van der Waals surface area contributed by atoms with Gasteiger partial charge in [0.2, 0.25) is 10.0 Å². The van der Waals surface area contributed by atoms with Crippen LogP contribution in [0.4, 0.5) is 13.2 Å². The Morgan fingerprint density at radius 3 is 2.33 bits per heavy atom. The molecule has 0 radical (unpaired) electrons. The maximum atomic E-state index is 13.2. The minimum Gasteiger partial charge on any atom is -0.329 e. The zero-order valence-corrected chi connectivity index (χ0v) is 10.9. The first-order valence-corrected chi connectivity index (χ1v) is 6.13. The molecular weight excluding hydrogens is 293 g/mol. The standard InChI is InChI=1S/C9H11F3N2O2S.ClH/c1-5(4-13)14-17(15,16)7-3-2-6(10)8(11)9(7)12;/h2-3,5,14H,4,13H2,1H3;1H/t5-;/m1./s1. The predicted molar refractivity (Wildman–Crippen MR) is 62.4 cm³/mol. The highest BCUT2D eigenvalue weighted by Gasteiger charge is 2.24. The van der Waals surface area contributed by atoms with Crippen LogP contribution < -0.4 is 10.5 Å². The molecule has 104 valence electrons. The fourth-order valence-corrected chi connectivity index (χ4v) is 2.42. The lowest BCUT2D eigenvalue weighted by molar-refractivity contribution is 0.431. The lowest BCUT2D eigenvalue weighted by atomic mass is 10.3. The van der Waals surface area contributed by atoms with Crippen molar-refractivity contribution in [2.75, 3.05) is 6.54 Å². The highest BCUT2D eigenvalue weighted by Crippen LogP contribution is 2.19. The molecule has 0 saturated carbocycles. The first kappa shape index (κ1) is 17.2. The van der Waals surface area contributed by atoms with Gasteiger partial charge in [-0.05, 0) is 19.1 Å². The third-order valence-corrected chi connectivity index (χ3v) is 3.61. The molecule has 1 aromatic carbocycles. The summed E-state index contributed by atoms with van der Waals surface area (Å²) in [6.07, 6.45) is 0. The summed E-state index contributed by atoms with van der Waals surface area (Å²) in [6, 6.07) is 0.548. The molecule has 4 nitrogen and oxygen atoms in total. The van der Waals surface area contributed by atoms with Crippen molar-refractivity contribution in [3.8, 4) is 0 Å². The van der Waals surface area contributed by atoms with Gasteiger partial charge in [0.1, 0.15) is 4.90 Å². The minimum atomic E-state index is -4.25. The third kappa shape index (κ3) is 3.58. The van der Waals surface area contributed by atoms with Gasteiger partial charge in [-0.25, -0.2) is 26.3 Å². The molecule has 1 rings (SSSR count). The van der Waals surface area contributed by atoms with E-state index in [1.165, 1.54) is 6.92 Å². The first-order chi connectivity index (χ1) is 7.79. The van der Waals surface area contributed by atoms with Crippen LogP contribution in [0.2, 0.25) is 0 Å². The van der Waals surface area contributed by atoms with E-state index in [1.54, 1.807) is 0 Å². The largest absolute Gasteiger partial charge is 0.329 e. The maximum Gasteiger partial charge on any atom is 0.243 e. The lowest BCUT2D eigenvalue weighted by Crippen LogP contribution is -2.38. The fourth-order valence-electron chi connectivity index (χ4n) is 1.09. The predicted octanol–water partition coefficient (Wildman–Crippen LogP) is 1.15. The summed E-state index contributed by atoms with van der Waals surface area (Å²) in [5.41, 5.74) is 5.19. The van der Waals surface area contributed by atoms with E-state index in [0.717, 1.165) is 0 Å². The van der Waals surface area contributed by atoms with Crippen molar-refractivity contribution in [2.24, 2.45) is 5.73 Å². The van der Waals surface area contributed by atoms with E-state index >= 15 is 0 Å². The molecule has 0 aliphatic carbocycles. The van der Waals surface area contributed by atoms with Gasteiger partial charge >= 0.3 is 0 Å². The highest BCUT2D eigenvalue weighted by molar-refractivity contribution is 7.89. The van der Waals surface area contributed by atoms with Crippen LogP contribution >= 0.6 is 12.4 Å². The van der Waals surface area contributed by atoms with Gasteiger partial charge in [-0.15, -0.1) is 12.4 Å². The Morgan fingerprint density at radius 2 is 1.83 bits per heavy atom. The number of nitrogens with two attached hydrogens (primary N) is 1. The van der Waals surface area contributed by atoms with E-state index in [1.807, 2.05) is 4.72 Å². The van der Waals surface area contributed by atoms with Crippen LogP contribution in [-0.2, 0) is 10.0 Å². The van der Waals surface area contributed by atoms with Gasteiger partial charge in [-0.3, -0.25) is 0 Å². The number of hydrogen-bond acceptors (Lipinski definition) is 3. The van der Waals surface area contributed by atoms with Crippen molar-refractivity contribution in [3.05, 3.63) is 29.6 Å². The van der Waals surface area contributed by atoms with Crippen LogP contribution in [0.1, 0.15) is 6.92 Å². The minimum absolute atomic E-state index is 0. The van der Waals surface area contributed by atoms with Crippen LogP contribution in [0.15, 0.2) is 17.0 Å². The smallest absolute Gasteiger partial charge is 0.243 e. The van der Waals surface area contributed by atoms with Gasteiger partial charge in [-0.1, -0.05) is 0 Å². The van der Waals surface area contributed by atoms with Crippen molar-refractivity contribution in [1.29, 1.82) is 0 Å². The Balaban J connectivity index is 0.00000289. The molecule has 0 fully saturated rings. The van der Waals surface area contributed by atoms with Gasteiger partial charge < -0.3 is 5.73 Å². The topological polar surface area (TPSA) is 72.2 Å². The first-order valence-electron chi connectivity index (χ1n) is 4.65. The molecule has 1 atom stereocenters. The second-order valence-corrected chi connectivity index (χ2v) is 5.11. The normalized spacial score (nSPS) is 12.9. The molecule has 1 aromatic rings. The summed E-state index contributed by atoms with van der Waals surface area (Å²) in [6.45, 7) is 1.44. The summed E-state index contributed by atoms with van der Waals surface area (Å²) < 4.78 is 64.0. The van der Waals surface area contributed by atoms with Gasteiger partial charge in [0, 0.05) is 12.6 Å². The number of halogens is 4. The monoisotopic (exact) mass is 304 g/mol. The molecule has 0 spiro atoms. The van der Waals surface area contributed by atoms with Crippen molar-refractivity contribution in [2.45, 2.75) is 17.9 Å². The zero-order chi connectivity index (χ0) is 13.2. The molecule has 3 N–H and O–H groups in total. The number of sulfonamides is 1. The number of nitrogens with one attached hydrogen (secondary N) is 1. The summed E-state index contributed by atoms with van der Waals surface area (Å²) >= 11 is 0. The molecule has 0 aliphatic heterocycles. The molecule has 0 unspecified atom stereocenters. The fraction of sp³-hybridized carbons (Fsp3) is 0.333. The van der Waals surface area contributed by atoms with E-state index in [9.17, 15) is 21.6 Å². The molecule has 0 heterocycles. The van der Waals surface area contributed by atoms with Crippen molar-refractivity contribution >= 4 is 22.4 Å². The number of benzene rings is 1. The van der Waals surface area contributed by atoms with Gasteiger partial charge in [0.25, 0.3) is 0 Å². The van der Waals surface area contributed by atoms with E-state index in [0.29, 0.717) is 12.1 Å². The summed E-state index contributed by atoms with van der Waals surface area (Å²) in [5.74, 6) is -5.02. The molecule has 0 bridgehead atoms. The van der Waals surface area contributed by atoms with Gasteiger partial charge in [0.05, 0.1) is 0 Å². The van der Waals surface area contributed by atoms with Crippen LogP contribution in [0.25, 0.3) is 0 Å². The Hall–Kier alpha value is -0.830. The second-order valence-electron chi connectivity index (χ2n) is 3.43. The molecule has 9 heteroatoms. The molecule has 0 saturated heterocycles. The average Bonchev–Trinajstić information content (AvgIpc) is 2.24. The number of rotatable bonds is 4. The summed E-state index contributed by atoms with van der Waals surface area (Å²) in [4.78, 5) is -0.948. The molecule has 0 amide bonds. The Labute approximate surface area is 109 Å². The van der Waals surface area contributed by atoms with Crippen LogP contribution in [0.5, 0.6) is 0 Å². The SMILES string of the molecule is C[C@H](CN)NS(=O)(=O)c1ccc(F)c(F)c1F.Cl.